The number of hydrogen-bond donors (Lipinski definition) is 0. The molecule has 1 saturated heterocycles. The zero-order valence-corrected chi connectivity index (χ0v) is 18.1. The largest absolute Gasteiger partial charge is 0.457 e. The topological polar surface area (TPSA) is 46.3 Å². The molecule has 0 radical (unpaired) electrons. The van der Waals surface area contributed by atoms with E-state index in [2.05, 4.69) is 27.0 Å². The summed E-state index contributed by atoms with van der Waals surface area (Å²) in [6, 6.07) is 13.6. The fraction of sp³-hybridized carbons (Fsp3) is 0.0952. The van der Waals surface area contributed by atoms with Crippen LogP contribution in [0.4, 0.5) is 0 Å². The maximum atomic E-state index is 12.8. The van der Waals surface area contributed by atoms with E-state index in [4.69, 9.17) is 16.6 Å². The summed E-state index contributed by atoms with van der Waals surface area (Å²) < 4.78 is 7.53. The SMILES string of the molecule is Cc1cc(-c2ccc(/C=C3\SC(=S)N(Cc4cccnc4)C3=O)o2)ccc1Br. The van der Waals surface area contributed by atoms with Crippen molar-refractivity contribution in [2.75, 3.05) is 0 Å². The molecule has 28 heavy (non-hydrogen) atoms. The molecule has 0 N–H and O–H groups in total. The number of thioether (sulfide) groups is 1. The molecule has 0 bridgehead atoms. The summed E-state index contributed by atoms with van der Waals surface area (Å²) in [6.07, 6.45) is 5.19. The highest BCUT2D eigenvalue weighted by molar-refractivity contribution is 9.10. The third-order valence-corrected chi connectivity index (χ3v) is 6.55. The van der Waals surface area contributed by atoms with Crippen molar-refractivity contribution in [3.8, 4) is 11.3 Å². The number of aromatic nitrogens is 1. The van der Waals surface area contributed by atoms with Crippen molar-refractivity contribution >= 4 is 56.2 Å². The number of carbonyl (C=O) groups excluding carboxylic acids is 1. The van der Waals surface area contributed by atoms with E-state index >= 15 is 0 Å². The Morgan fingerprint density at radius 3 is 2.89 bits per heavy atom. The number of furan rings is 1. The minimum Gasteiger partial charge on any atom is -0.457 e. The molecule has 1 fully saturated rings. The maximum absolute atomic E-state index is 12.8. The van der Waals surface area contributed by atoms with E-state index in [9.17, 15) is 4.79 Å². The van der Waals surface area contributed by atoms with Gasteiger partial charge >= 0.3 is 0 Å². The lowest BCUT2D eigenvalue weighted by molar-refractivity contribution is -0.122. The number of aryl methyl sites for hydroxylation is 1. The number of carbonyl (C=O) groups is 1. The third kappa shape index (κ3) is 3.97. The minimum absolute atomic E-state index is 0.115. The summed E-state index contributed by atoms with van der Waals surface area (Å²) in [4.78, 5) is 19.0. The highest BCUT2D eigenvalue weighted by atomic mass is 79.9. The van der Waals surface area contributed by atoms with E-state index < -0.39 is 0 Å². The summed E-state index contributed by atoms with van der Waals surface area (Å²) in [6.45, 7) is 2.45. The Morgan fingerprint density at radius 2 is 2.14 bits per heavy atom. The van der Waals surface area contributed by atoms with Crippen molar-refractivity contribution in [1.29, 1.82) is 0 Å². The molecule has 4 nitrogen and oxygen atoms in total. The molecule has 1 aliphatic rings. The summed E-state index contributed by atoms with van der Waals surface area (Å²) in [7, 11) is 0. The van der Waals surface area contributed by atoms with Crippen LogP contribution in [0.5, 0.6) is 0 Å². The number of halogens is 1. The Balaban J connectivity index is 1.55. The Hall–Kier alpha value is -2.22. The van der Waals surface area contributed by atoms with Crippen molar-refractivity contribution in [2.24, 2.45) is 0 Å². The van der Waals surface area contributed by atoms with Gasteiger partial charge in [0.1, 0.15) is 15.8 Å². The predicted molar refractivity (Wildman–Crippen MR) is 120 cm³/mol. The molecule has 1 aliphatic heterocycles. The van der Waals surface area contributed by atoms with Gasteiger partial charge in [0, 0.05) is 28.5 Å². The second kappa shape index (κ2) is 8.03. The minimum atomic E-state index is -0.115. The van der Waals surface area contributed by atoms with Gasteiger partial charge in [-0.3, -0.25) is 14.7 Å². The average Bonchev–Trinajstić information content (AvgIpc) is 3.25. The number of rotatable bonds is 4. The molecule has 4 rings (SSSR count). The van der Waals surface area contributed by atoms with Crippen LogP contribution in [0.2, 0.25) is 0 Å². The monoisotopic (exact) mass is 470 g/mol. The van der Waals surface area contributed by atoms with Gasteiger partial charge in [-0.05, 0) is 48.4 Å². The first-order valence-corrected chi connectivity index (χ1v) is 10.5. The third-order valence-electron chi connectivity index (χ3n) is 4.28. The van der Waals surface area contributed by atoms with Gasteiger partial charge in [-0.25, -0.2) is 0 Å². The van der Waals surface area contributed by atoms with E-state index in [0.717, 1.165) is 26.9 Å². The second-order valence-electron chi connectivity index (χ2n) is 6.30. The molecule has 7 heteroatoms. The van der Waals surface area contributed by atoms with Crippen LogP contribution in [0.1, 0.15) is 16.9 Å². The zero-order chi connectivity index (χ0) is 19.7. The van der Waals surface area contributed by atoms with Crippen molar-refractivity contribution in [2.45, 2.75) is 13.5 Å². The van der Waals surface area contributed by atoms with E-state index in [-0.39, 0.29) is 5.91 Å². The van der Waals surface area contributed by atoms with Crippen LogP contribution in [0.25, 0.3) is 17.4 Å². The van der Waals surface area contributed by atoms with Gasteiger partial charge in [0.25, 0.3) is 5.91 Å². The van der Waals surface area contributed by atoms with E-state index in [1.807, 2.05) is 43.3 Å². The van der Waals surface area contributed by atoms with Crippen molar-refractivity contribution in [1.82, 2.24) is 9.88 Å². The standard InChI is InChI=1S/C21H15BrN2O2S2/c1-13-9-15(4-6-17(13)22)18-7-5-16(26-18)10-19-20(25)24(21(27)28-19)12-14-3-2-8-23-11-14/h2-11H,12H2,1H3/b19-10-. The molecular weight excluding hydrogens is 456 g/mol. The summed E-state index contributed by atoms with van der Waals surface area (Å²) in [5.41, 5.74) is 3.06. The molecule has 0 saturated carbocycles. The quantitative estimate of drug-likeness (QED) is 0.355. The Labute approximate surface area is 180 Å². The van der Waals surface area contributed by atoms with Gasteiger partial charge in [0.2, 0.25) is 0 Å². The van der Waals surface area contributed by atoms with Gasteiger partial charge in [-0.15, -0.1) is 0 Å². The Kier molecular flexibility index (Phi) is 5.48. The number of pyridine rings is 1. The molecule has 3 heterocycles. The average molecular weight is 471 g/mol. The van der Waals surface area contributed by atoms with Crippen LogP contribution in [-0.4, -0.2) is 20.1 Å². The van der Waals surface area contributed by atoms with Crippen molar-refractivity contribution in [3.63, 3.8) is 0 Å². The number of benzene rings is 1. The first kappa shape index (κ1) is 19.1. The molecule has 3 aromatic rings. The number of amides is 1. The molecule has 0 unspecified atom stereocenters. The number of thiocarbonyl (C=S) groups is 1. The highest BCUT2D eigenvalue weighted by Crippen LogP contribution is 2.34. The lowest BCUT2D eigenvalue weighted by atomic mass is 10.1. The number of nitrogens with zero attached hydrogens (tertiary/aromatic N) is 2. The first-order valence-electron chi connectivity index (χ1n) is 8.52. The molecule has 140 valence electrons. The summed E-state index contributed by atoms with van der Waals surface area (Å²) >= 11 is 10.2. The van der Waals surface area contributed by atoms with E-state index in [1.54, 1.807) is 23.4 Å². The van der Waals surface area contributed by atoms with Crippen LogP contribution < -0.4 is 0 Å². The number of hydrogen-bond acceptors (Lipinski definition) is 5. The lowest BCUT2D eigenvalue weighted by Crippen LogP contribution is -2.27. The molecule has 0 spiro atoms. The first-order chi connectivity index (χ1) is 13.5. The smallest absolute Gasteiger partial charge is 0.266 e. The van der Waals surface area contributed by atoms with Crippen molar-refractivity contribution < 1.29 is 9.21 Å². The van der Waals surface area contributed by atoms with Crippen LogP contribution in [0, 0.1) is 6.92 Å². The molecule has 1 aromatic carbocycles. The van der Waals surface area contributed by atoms with Gasteiger partial charge in [0.05, 0.1) is 11.4 Å². The van der Waals surface area contributed by atoms with Crippen LogP contribution in [0.15, 0.2) is 68.7 Å². The Morgan fingerprint density at radius 1 is 1.29 bits per heavy atom. The molecule has 0 atom stereocenters. The molecule has 0 aliphatic carbocycles. The molecule has 1 amide bonds. The lowest BCUT2D eigenvalue weighted by Gasteiger charge is -2.13. The second-order valence-corrected chi connectivity index (χ2v) is 8.83. The fourth-order valence-corrected chi connectivity index (χ4v) is 4.31. The van der Waals surface area contributed by atoms with Crippen molar-refractivity contribution in [3.05, 3.63) is 81.1 Å². The van der Waals surface area contributed by atoms with Gasteiger partial charge in [-0.2, -0.15) is 0 Å². The molecule has 2 aromatic heterocycles. The Bertz CT molecular complexity index is 1090. The maximum Gasteiger partial charge on any atom is 0.266 e. The summed E-state index contributed by atoms with van der Waals surface area (Å²) in [5, 5.41) is 0. The highest BCUT2D eigenvalue weighted by Gasteiger charge is 2.32. The van der Waals surface area contributed by atoms with Gasteiger partial charge in [0.15, 0.2) is 0 Å². The van der Waals surface area contributed by atoms with E-state index in [0.29, 0.717) is 21.5 Å². The van der Waals surface area contributed by atoms with Crippen LogP contribution in [0.3, 0.4) is 0 Å². The predicted octanol–water partition coefficient (Wildman–Crippen LogP) is 5.81. The van der Waals surface area contributed by atoms with Crippen LogP contribution >= 0.6 is 39.9 Å². The normalized spacial score (nSPS) is 15.6. The summed E-state index contributed by atoms with van der Waals surface area (Å²) in [5.74, 6) is 1.27. The van der Waals surface area contributed by atoms with Crippen LogP contribution in [-0.2, 0) is 11.3 Å². The van der Waals surface area contributed by atoms with Gasteiger partial charge in [-0.1, -0.05) is 52.0 Å². The zero-order valence-electron chi connectivity index (χ0n) is 14.9. The molecular formula is C21H15BrN2O2S2. The van der Waals surface area contributed by atoms with Gasteiger partial charge < -0.3 is 4.42 Å². The fourth-order valence-electron chi connectivity index (χ4n) is 2.82. The van der Waals surface area contributed by atoms with E-state index in [1.165, 1.54) is 11.8 Å².